The minimum absolute atomic E-state index is 0.203. The van der Waals surface area contributed by atoms with Crippen molar-refractivity contribution < 1.29 is 13.2 Å². The molecule has 3 rings (SSSR count). The highest BCUT2D eigenvalue weighted by Crippen LogP contribution is 2.24. The molecule has 0 bridgehead atoms. The molecule has 0 amide bonds. The van der Waals surface area contributed by atoms with E-state index >= 15 is 0 Å². The molecule has 0 spiro atoms. The first-order valence-electron chi connectivity index (χ1n) is 9.15. The Morgan fingerprint density at radius 1 is 1.17 bits per heavy atom. The summed E-state index contributed by atoms with van der Waals surface area (Å²) in [5.74, 6) is 1.25. The number of hydrogen-bond donors (Lipinski definition) is 2. The average Bonchev–Trinajstić information content (AvgIpc) is 3.16. The van der Waals surface area contributed by atoms with Crippen molar-refractivity contribution in [3.05, 3.63) is 65.5 Å². The van der Waals surface area contributed by atoms with Gasteiger partial charge in [-0.2, -0.15) is 4.37 Å². The van der Waals surface area contributed by atoms with E-state index < -0.39 is 15.2 Å². The molecule has 3 aromatic rings. The molecule has 154 valence electrons. The summed E-state index contributed by atoms with van der Waals surface area (Å²) in [6, 6.07) is 14.4. The van der Waals surface area contributed by atoms with E-state index in [-0.39, 0.29) is 17.9 Å². The Balaban J connectivity index is 1.78. The van der Waals surface area contributed by atoms with E-state index in [0.29, 0.717) is 23.1 Å². The lowest BCUT2D eigenvalue weighted by Crippen LogP contribution is -2.32. The van der Waals surface area contributed by atoms with Gasteiger partial charge in [0.2, 0.25) is 5.13 Å². The number of benzene rings is 2. The van der Waals surface area contributed by atoms with Crippen molar-refractivity contribution in [2.45, 2.75) is 30.0 Å². The smallest absolute Gasteiger partial charge is 0.203 e. The fourth-order valence-electron chi connectivity index (χ4n) is 2.89. The molecule has 0 saturated carbocycles. The molecule has 0 aliphatic carbocycles. The molecular formula is C20H24N4O3S2. The largest absolute Gasteiger partial charge is 0.497 e. The first-order valence-corrected chi connectivity index (χ1v) is 11.5. The van der Waals surface area contributed by atoms with E-state index in [4.69, 9.17) is 10.5 Å². The number of aromatic nitrogens is 2. The Bertz CT molecular complexity index is 1050. The third kappa shape index (κ3) is 5.11. The van der Waals surface area contributed by atoms with Crippen LogP contribution in [0.25, 0.3) is 0 Å². The van der Waals surface area contributed by atoms with Gasteiger partial charge in [0.25, 0.3) is 0 Å². The molecule has 1 unspecified atom stereocenters. The van der Waals surface area contributed by atoms with Gasteiger partial charge in [-0.25, -0.2) is 13.4 Å². The van der Waals surface area contributed by atoms with Gasteiger partial charge < -0.3 is 15.8 Å². The normalized spacial score (nSPS) is 12.5. The lowest BCUT2D eigenvalue weighted by atomic mass is 10.1. The van der Waals surface area contributed by atoms with Crippen molar-refractivity contribution in [2.24, 2.45) is 5.73 Å². The van der Waals surface area contributed by atoms with E-state index in [2.05, 4.69) is 14.7 Å². The van der Waals surface area contributed by atoms with Crippen LogP contribution in [0.1, 0.15) is 23.4 Å². The molecule has 3 N–H and O–H groups in total. The number of hydrogen-bond acceptors (Lipinski definition) is 8. The summed E-state index contributed by atoms with van der Waals surface area (Å²) in [5.41, 5.74) is 7.98. The zero-order valence-electron chi connectivity index (χ0n) is 16.3. The second-order valence-corrected chi connectivity index (χ2v) is 9.43. The van der Waals surface area contributed by atoms with Crippen LogP contribution in [0.4, 0.5) is 5.13 Å². The van der Waals surface area contributed by atoms with Crippen LogP contribution in [0.5, 0.6) is 5.75 Å². The fourth-order valence-corrected chi connectivity index (χ4v) is 5.16. The molecule has 1 atom stereocenters. The third-order valence-electron chi connectivity index (χ3n) is 4.55. The van der Waals surface area contributed by atoms with Gasteiger partial charge in [0.05, 0.1) is 12.0 Å². The molecule has 9 heteroatoms. The Morgan fingerprint density at radius 3 is 2.55 bits per heavy atom. The summed E-state index contributed by atoms with van der Waals surface area (Å²) in [6.45, 7) is 2.27. The molecule has 0 aliphatic heterocycles. The summed E-state index contributed by atoms with van der Waals surface area (Å²) in [4.78, 5) is 4.68. The Kier molecular flexibility index (Phi) is 6.83. The second kappa shape index (κ2) is 9.34. The lowest BCUT2D eigenvalue weighted by molar-refractivity contribution is 0.414. The predicted octanol–water partition coefficient (Wildman–Crippen LogP) is 3.01. The topological polar surface area (TPSA) is 107 Å². The van der Waals surface area contributed by atoms with Crippen LogP contribution in [-0.4, -0.2) is 36.8 Å². The van der Waals surface area contributed by atoms with Crippen molar-refractivity contribution in [3.63, 3.8) is 0 Å². The molecule has 0 radical (unpaired) electrons. The molecule has 1 aromatic heterocycles. The summed E-state index contributed by atoms with van der Waals surface area (Å²) in [6.07, 6.45) is 0.846. The minimum Gasteiger partial charge on any atom is -0.497 e. The number of nitrogens with two attached hydrogens (primary N) is 1. The Hall–Kier alpha value is -2.49. The molecule has 2 aromatic carbocycles. The summed E-state index contributed by atoms with van der Waals surface area (Å²) in [7, 11) is -2.12. The number of rotatable bonds is 9. The number of nitrogens with one attached hydrogen (secondary N) is 1. The number of ether oxygens (including phenoxy) is 1. The Labute approximate surface area is 175 Å². The van der Waals surface area contributed by atoms with Crippen molar-refractivity contribution in [2.75, 3.05) is 19.0 Å². The summed E-state index contributed by atoms with van der Waals surface area (Å²) in [5, 5.41) is 2.59. The lowest BCUT2D eigenvalue weighted by Gasteiger charge is -2.18. The van der Waals surface area contributed by atoms with E-state index in [1.165, 1.54) is 24.8 Å². The SMILES string of the molecule is COc1ccc(S(=O)(=O)C(CCN)Nc2nc(Cc3ccccc3C)ns2)cc1. The monoisotopic (exact) mass is 432 g/mol. The highest BCUT2D eigenvalue weighted by molar-refractivity contribution is 7.92. The van der Waals surface area contributed by atoms with Gasteiger partial charge in [-0.3, -0.25) is 0 Å². The second-order valence-electron chi connectivity index (χ2n) is 6.55. The van der Waals surface area contributed by atoms with Crippen LogP contribution in [0.15, 0.2) is 53.4 Å². The van der Waals surface area contributed by atoms with Crippen molar-refractivity contribution in [1.29, 1.82) is 0 Å². The molecule has 7 nitrogen and oxygen atoms in total. The number of aryl methyl sites for hydroxylation is 1. The molecule has 29 heavy (non-hydrogen) atoms. The number of anilines is 1. The van der Waals surface area contributed by atoms with E-state index in [1.54, 1.807) is 12.1 Å². The maximum absolute atomic E-state index is 13.1. The fraction of sp³-hybridized carbons (Fsp3) is 0.300. The van der Waals surface area contributed by atoms with Gasteiger partial charge in [-0.05, 0) is 55.3 Å². The molecule has 0 aliphatic rings. The standard InChI is InChI=1S/C20H24N4O3S2/c1-14-5-3-4-6-15(14)13-18-22-20(28-24-18)23-19(11-12-21)29(25,26)17-9-7-16(27-2)8-10-17/h3-10,19H,11-13,21H2,1-2H3,(H,22,23,24). The highest BCUT2D eigenvalue weighted by Gasteiger charge is 2.28. The molecule has 0 saturated heterocycles. The van der Waals surface area contributed by atoms with Crippen LogP contribution in [-0.2, 0) is 16.3 Å². The van der Waals surface area contributed by atoms with Crippen LogP contribution in [0.3, 0.4) is 0 Å². The number of methoxy groups -OCH3 is 1. The molecule has 0 fully saturated rings. The quantitative estimate of drug-likeness (QED) is 0.535. The first kappa shape index (κ1) is 21.2. The highest BCUT2D eigenvalue weighted by atomic mass is 32.2. The first-order chi connectivity index (χ1) is 13.9. The van der Waals surface area contributed by atoms with Gasteiger partial charge in [-0.15, -0.1) is 0 Å². The van der Waals surface area contributed by atoms with Gasteiger partial charge in [0.15, 0.2) is 9.84 Å². The zero-order valence-corrected chi connectivity index (χ0v) is 18.0. The van der Waals surface area contributed by atoms with Gasteiger partial charge in [-0.1, -0.05) is 24.3 Å². The minimum atomic E-state index is -3.65. The maximum atomic E-state index is 13.1. The van der Waals surface area contributed by atoms with Crippen molar-refractivity contribution in [1.82, 2.24) is 9.36 Å². The zero-order chi connectivity index (χ0) is 20.9. The van der Waals surface area contributed by atoms with E-state index in [9.17, 15) is 8.42 Å². The van der Waals surface area contributed by atoms with Crippen LogP contribution in [0, 0.1) is 6.92 Å². The number of sulfone groups is 1. The van der Waals surface area contributed by atoms with E-state index in [0.717, 1.165) is 17.1 Å². The third-order valence-corrected chi connectivity index (χ3v) is 7.27. The Morgan fingerprint density at radius 2 is 1.90 bits per heavy atom. The van der Waals surface area contributed by atoms with Gasteiger partial charge >= 0.3 is 0 Å². The number of nitrogens with zero attached hydrogens (tertiary/aromatic N) is 2. The maximum Gasteiger partial charge on any atom is 0.203 e. The van der Waals surface area contributed by atoms with Gasteiger partial charge in [0.1, 0.15) is 16.9 Å². The van der Waals surface area contributed by atoms with Gasteiger partial charge in [0, 0.05) is 18.0 Å². The average molecular weight is 433 g/mol. The summed E-state index contributed by atoms with van der Waals surface area (Å²) < 4.78 is 35.6. The summed E-state index contributed by atoms with van der Waals surface area (Å²) >= 11 is 1.15. The molecule has 1 heterocycles. The van der Waals surface area contributed by atoms with Crippen molar-refractivity contribution in [3.8, 4) is 5.75 Å². The van der Waals surface area contributed by atoms with Crippen LogP contribution in [0.2, 0.25) is 0 Å². The van der Waals surface area contributed by atoms with E-state index in [1.807, 2.05) is 31.2 Å². The van der Waals surface area contributed by atoms with Crippen LogP contribution < -0.4 is 15.8 Å². The van der Waals surface area contributed by atoms with Crippen LogP contribution >= 0.6 is 11.5 Å². The molecular weight excluding hydrogens is 408 g/mol. The predicted molar refractivity (Wildman–Crippen MR) is 115 cm³/mol. The van der Waals surface area contributed by atoms with Crippen molar-refractivity contribution >= 4 is 26.5 Å².